The molecular weight excluding hydrogens is 230 g/mol. The maximum atomic E-state index is 3.52. The Hall–Kier alpha value is -0.820. The fourth-order valence-corrected chi connectivity index (χ4v) is 3.36. The number of nitrogens with one attached hydrogen (secondary N) is 1. The minimum Gasteiger partial charge on any atom is -0.317 e. The Labute approximate surface area is 118 Å². The van der Waals surface area contributed by atoms with Crippen molar-refractivity contribution in [1.29, 1.82) is 0 Å². The monoisotopic (exact) mass is 259 g/mol. The number of rotatable bonds is 1. The third-order valence-corrected chi connectivity index (χ3v) is 4.44. The summed E-state index contributed by atoms with van der Waals surface area (Å²) in [4.78, 5) is 0. The second-order valence-electron chi connectivity index (χ2n) is 7.15. The fourth-order valence-electron chi connectivity index (χ4n) is 3.36. The first-order chi connectivity index (χ1) is 8.89. The van der Waals surface area contributed by atoms with Gasteiger partial charge >= 0.3 is 0 Å². The third-order valence-electron chi connectivity index (χ3n) is 4.44. The van der Waals surface area contributed by atoms with Gasteiger partial charge in [-0.25, -0.2) is 0 Å². The SMILES string of the molecule is Cc1cc(C(C)(C)C)cc(C)c1C1CCCNCC1. The highest BCUT2D eigenvalue weighted by molar-refractivity contribution is 5.42. The summed E-state index contributed by atoms with van der Waals surface area (Å²) in [5, 5.41) is 3.52. The lowest BCUT2D eigenvalue weighted by Crippen LogP contribution is -2.15. The van der Waals surface area contributed by atoms with Crippen molar-refractivity contribution in [2.45, 2.75) is 65.2 Å². The average Bonchev–Trinajstić information content (AvgIpc) is 2.55. The van der Waals surface area contributed by atoms with E-state index in [1.165, 1.54) is 49.0 Å². The molecule has 0 spiro atoms. The van der Waals surface area contributed by atoms with Crippen LogP contribution >= 0.6 is 0 Å². The van der Waals surface area contributed by atoms with Gasteiger partial charge in [-0.1, -0.05) is 32.9 Å². The fraction of sp³-hybridized carbons (Fsp3) is 0.667. The molecule has 1 unspecified atom stereocenters. The standard InChI is InChI=1S/C18H29N/c1-13-11-16(18(3,4)5)12-14(2)17(13)15-7-6-9-19-10-8-15/h11-12,15,19H,6-10H2,1-5H3. The van der Waals surface area contributed by atoms with Crippen LogP contribution in [0.2, 0.25) is 0 Å². The molecular formula is C18H29N. The molecule has 1 heteroatoms. The molecule has 1 heterocycles. The lowest BCUT2D eigenvalue weighted by molar-refractivity contribution is 0.581. The highest BCUT2D eigenvalue weighted by Gasteiger charge is 2.21. The van der Waals surface area contributed by atoms with E-state index >= 15 is 0 Å². The van der Waals surface area contributed by atoms with Crippen molar-refractivity contribution in [2.24, 2.45) is 0 Å². The maximum absolute atomic E-state index is 3.52. The molecule has 1 aromatic rings. The van der Waals surface area contributed by atoms with Gasteiger partial charge in [0.2, 0.25) is 0 Å². The normalized spacial score (nSPS) is 21.2. The molecule has 0 saturated carbocycles. The number of benzene rings is 1. The molecule has 1 fully saturated rings. The smallest absolute Gasteiger partial charge is 0.00431 e. The van der Waals surface area contributed by atoms with Gasteiger partial charge < -0.3 is 5.32 Å². The molecule has 0 radical (unpaired) electrons. The lowest BCUT2D eigenvalue weighted by atomic mass is 9.80. The number of aryl methyl sites for hydroxylation is 2. The molecule has 2 rings (SSSR count). The van der Waals surface area contributed by atoms with E-state index in [0.29, 0.717) is 0 Å². The molecule has 1 saturated heterocycles. The molecule has 19 heavy (non-hydrogen) atoms. The molecule has 0 amide bonds. The van der Waals surface area contributed by atoms with Gasteiger partial charge in [0.1, 0.15) is 0 Å². The van der Waals surface area contributed by atoms with Crippen LogP contribution in [-0.2, 0) is 5.41 Å². The summed E-state index contributed by atoms with van der Waals surface area (Å²) in [6.07, 6.45) is 3.94. The Morgan fingerprint density at radius 1 is 1.00 bits per heavy atom. The Morgan fingerprint density at radius 2 is 1.63 bits per heavy atom. The van der Waals surface area contributed by atoms with Crippen molar-refractivity contribution < 1.29 is 0 Å². The summed E-state index contributed by atoms with van der Waals surface area (Å²) < 4.78 is 0. The largest absolute Gasteiger partial charge is 0.317 e. The molecule has 1 aliphatic heterocycles. The second kappa shape index (κ2) is 5.66. The summed E-state index contributed by atoms with van der Waals surface area (Å²) in [5.41, 5.74) is 6.34. The van der Waals surface area contributed by atoms with Crippen LogP contribution < -0.4 is 5.32 Å². The Kier molecular flexibility index (Phi) is 4.35. The molecule has 106 valence electrons. The molecule has 0 bridgehead atoms. The molecule has 1 nitrogen and oxygen atoms in total. The van der Waals surface area contributed by atoms with Gasteiger partial charge in [0.15, 0.2) is 0 Å². The Balaban J connectivity index is 2.35. The average molecular weight is 259 g/mol. The van der Waals surface area contributed by atoms with Crippen LogP contribution in [0.15, 0.2) is 12.1 Å². The molecule has 0 aromatic heterocycles. The van der Waals surface area contributed by atoms with E-state index in [1.54, 1.807) is 5.56 Å². The summed E-state index contributed by atoms with van der Waals surface area (Å²) in [5.74, 6) is 0.754. The highest BCUT2D eigenvalue weighted by Crippen LogP contribution is 2.34. The van der Waals surface area contributed by atoms with Crippen molar-refractivity contribution in [3.63, 3.8) is 0 Å². The highest BCUT2D eigenvalue weighted by atomic mass is 14.8. The minimum absolute atomic E-state index is 0.249. The van der Waals surface area contributed by atoms with Crippen molar-refractivity contribution in [3.8, 4) is 0 Å². The summed E-state index contributed by atoms with van der Waals surface area (Å²) in [7, 11) is 0. The molecule has 1 atom stereocenters. The maximum Gasteiger partial charge on any atom is -0.00431 e. The van der Waals surface area contributed by atoms with Crippen LogP contribution in [0.1, 0.15) is 68.2 Å². The van der Waals surface area contributed by atoms with E-state index < -0.39 is 0 Å². The summed E-state index contributed by atoms with van der Waals surface area (Å²) in [6.45, 7) is 13.9. The second-order valence-corrected chi connectivity index (χ2v) is 7.15. The van der Waals surface area contributed by atoms with Gasteiger partial charge in [0, 0.05) is 0 Å². The topological polar surface area (TPSA) is 12.0 Å². The van der Waals surface area contributed by atoms with Crippen LogP contribution in [0, 0.1) is 13.8 Å². The minimum atomic E-state index is 0.249. The zero-order valence-electron chi connectivity index (χ0n) is 13.3. The molecule has 0 aliphatic carbocycles. The van der Waals surface area contributed by atoms with Gasteiger partial charge in [0.25, 0.3) is 0 Å². The lowest BCUT2D eigenvalue weighted by Gasteiger charge is -2.25. The molecule has 1 aliphatic rings. The van der Waals surface area contributed by atoms with Gasteiger partial charge in [-0.15, -0.1) is 0 Å². The van der Waals surface area contributed by atoms with Gasteiger partial charge in [-0.05, 0) is 79.8 Å². The van der Waals surface area contributed by atoms with Crippen molar-refractivity contribution in [3.05, 3.63) is 34.4 Å². The van der Waals surface area contributed by atoms with Crippen LogP contribution in [-0.4, -0.2) is 13.1 Å². The van der Waals surface area contributed by atoms with Crippen LogP contribution in [0.25, 0.3) is 0 Å². The quantitative estimate of drug-likeness (QED) is 0.785. The first kappa shape index (κ1) is 14.6. The Bertz CT molecular complexity index is 408. The van der Waals surface area contributed by atoms with Crippen molar-refractivity contribution in [1.82, 2.24) is 5.32 Å². The van der Waals surface area contributed by atoms with Gasteiger partial charge in [-0.2, -0.15) is 0 Å². The van der Waals surface area contributed by atoms with E-state index in [1.807, 2.05) is 0 Å². The van der Waals surface area contributed by atoms with E-state index in [-0.39, 0.29) is 5.41 Å². The zero-order chi connectivity index (χ0) is 14.0. The predicted molar refractivity (Wildman–Crippen MR) is 84.1 cm³/mol. The Morgan fingerprint density at radius 3 is 2.21 bits per heavy atom. The zero-order valence-corrected chi connectivity index (χ0v) is 13.3. The van der Waals surface area contributed by atoms with Crippen LogP contribution in [0.4, 0.5) is 0 Å². The summed E-state index contributed by atoms with van der Waals surface area (Å²) in [6, 6.07) is 4.83. The van der Waals surface area contributed by atoms with E-state index in [4.69, 9.17) is 0 Å². The van der Waals surface area contributed by atoms with E-state index in [9.17, 15) is 0 Å². The van der Waals surface area contributed by atoms with Gasteiger partial charge in [0.05, 0.1) is 0 Å². The first-order valence-electron chi connectivity index (χ1n) is 7.72. The van der Waals surface area contributed by atoms with E-state index in [2.05, 4.69) is 52.1 Å². The number of hydrogen-bond acceptors (Lipinski definition) is 1. The van der Waals surface area contributed by atoms with E-state index in [0.717, 1.165) is 5.92 Å². The predicted octanol–water partition coefficient (Wildman–Crippen LogP) is 4.46. The molecule has 1 aromatic carbocycles. The van der Waals surface area contributed by atoms with Crippen LogP contribution in [0.3, 0.4) is 0 Å². The number of hydrogen-bond donors (Lipinski definition) is 1. The first-order valence-corrected chi connectivity index (χ1v) is 7.72. The molecule has 1 N–H and O–H groups in total. The third kappa shape index (κ3) is 3.39. The van der Waals surface area contributed by atoms with Gasteiger partial charge in [-0.3, -0.25) is 0 Å². The van der Waals surface area contributed by atoms with Crippen LogP contribution in [0.5, 0.6) is 0 Å². The van der Waals surface area contributed by atoms with Crippen molar-refractivity contribution in [2.75, 3.05) is 13.1 Å². The summed E-state index contributed by atoms with van der Waals surface area (Å²) >= 11 is 0. The van der Waals surface area contributed by atoms with Crippen molar-refractivity contribution >= 4 is 0 Å².